The van der Waals surface area contributed by atoms with Gasteiger partial charge in [0.1, 0.15) is 5.60 Å². The lowest BCUT2D eigenvalue weighted by molar-refractivity contribution is -0.138. The molecule has 0 heterocycles. The lowest BCUT2D eigenvalue weighted by Crippen LogP contribution is -2.40. The summed E-state index contributed by atoms with van der Waals surface area (Å²) < 4.78 is 4.55. The summed E-state index contributed by atoms with van der Waals surface area (Å²) >= 11 is 0. The molecule has 1 aromatic rings. The molecule has 148 valence electrons. The van der Waals surface area contributed by atoms with Crippen molar-refractivity contribution < 1.29 is 19.1 Å². The topological polar surface area (TPSA) is 125 Å². The molecule has 0 aromatic heterocycles. The normalized spacial score (nSPS) is 11.0. The van der Waals surface area contributed by atoms with E-state index < -0.39 is 17.6 Å². The van der Waals surface area contributed by atoms with E-state index in [9.17, 15) is 14.4 Å². The lowest BCUT2D eigenvalue weighted by Gasteiger charge is -2.14. The summed E-state index contributed by atoms with van der Waals surface area (Å²) in [5, 5.41) is 2.93. The summed E-state index contributed by atoms with van der Waals surface area (Å²) in [7, 11) is 1.93. The maximum absolute atomic E-state index is 11.3. The van der Waals surface area contributed by atoms with Gasteiger partial charge in [-0.15, -0.1) is 0 Å². The summed E-state index contributed by atoms with van der Waals surface area (Å²) in [6.07, 6.45) is 0.366. The van der Waals surface area contributed by atoms with Gasteiger partial charge in [0, 0.05) is 0 Å². The van der Waals surface area contributed by atoms with Crippen LogP contribution in [0.5, 0.6) is 0 Å². The molecule has 0 radical (unpaired) electrons. The Morgan fingerprint density at radius 1 is 1.23 bits per heavy atom. The lowest BCUT2D eigenvalue weighted by atomic mass is 10.0. The Labute approximate surface area is 156 Å². The number of nitrogens with two attached hydrogens (primary N) is 2. The maximum atomic E-state index is 11.3. The Hall–Kier alpha value is -2.09. The minimum Gasteiger partial charge on any atom is -0.462 e. The van der Waals surface area contributed by atoms with Crippen LogP contribution < -0.4 is 16.8 Å². The third kappa shape index (κ3) is 15.4. The van der Waals surface area contributed by atoms with Gasteiger partial charge in [-0.2, -0.15) is 0 Å². The number of Topliss-reactive ketones (excluding diaryl/α,β-unsaturated/α-hetero) is 2. The summed E-state index contributed by atoms with van der Waals surface area (Å²) in [5.41, 5.74) is 11.3. The average molecular weight is 367 g/mol. The number of carbonyl (C=O) groups excluding carboxylic acids is 3. The molecule has 5 N–H and O–H groups in total. The van der Waals surface area contributed by atoms with Crippen LogP contribution in [0.4, 0.5) is 0 Å². The van der Waals surface area contributed by atoms with E-state index >= 15 is 0 Å². The molecular formula is C19H33N3O4. The van der Waals surface area contributed by atoms with Crippen molar-refractivity contribution in [2.24, 2.45) is 11.5 Å². The zero-order valence-corrected chi connectivity index (χ0v) is 16.5. The Morgan fingerprint density at radius 3 is 2.04 bits per heavy atom. The fourth-order valence-electron chi connectivity index (χ4n) is 1.41. The van der Waals surface area contributed by atoms with Crippen molar-refractivity contribution in [3.8, 4) is 0 Å². The predicted molar refractivity (Wildman–Crippen MR) is 104 cm³/mol. The van der Waals surface area contributed by atoms with Gasteiger partial charge < -0.3 is 21.5 Å². The Morgan fingerprint density at radius 2 is 1.73 bits per heavy atom. The van der Waals surface area contributed by atoms with Gasteiger partial charge in [0.15, 0.2) is 0 Å². The van der Waals surface area contributed by atoms with Crippen LogP contribution in [0.2, 0.25) is 0 Å². The van der Waals surface area contributed by atoms with E-state index in [-0.39, 0.29) is 12.1 Å². The number of nitrogens with one attached hydrogen (secondary N) is 1. The van der Waals surface area contributed by atoms with Crippen molar-refractivity contribution >= 4 is 18.0 Å². The van der Waals surface area contributed by atoms with Crippen LogP contribution in [0, 0.1) is 0 Å². The van der Waals surface area contributed by atoms with Crippen LogP contribution in [0.1, 0.15) is 33.3 Å². The van der Waals surface area contributed by atoms with Gasteiger partial charge in [0.05, 0.1) is 12.6 Å². The van der Waals surface area contributed by atoms with Gasteiger partial charge in [0.2, 0.25) is 11.6 Å². The van der Waals surface area contributed by atoms with Crippen LogP contribution in [0.15, 0.2) is 30.3 Å². The van der Waals surface area contributed by atoms with E-state index in [1.165, 1.54) is 0 Å². The van der Waals surface area contributed by atoms with Crippen LogP contribution in [0.25, 0.3) is 0 Å². The first kappa shape index (κ1) is 26.1. The minimum atomic E-state index is -0.788. The van der Waals surface area contributed by atoms with Crippen molar-refractivity contribution in [2.75, 3.05) is 20.1 Å². The third-order valence-corrected chi connectivity index (χ3v) is 2.85. The van der Waals surface area contributed by atoms with Gasteiger partial charge in [-0.25, -0.2) is 0 Å². The highest BCUT2D eigenvalue weighted by molar-refractivity contribution is 6.39. The zero-order valence-electron chi connectivity index (χ0n) is 16.5. The van der Waals surface area contributed by atoms with Crippen LogP contribution >= 0.6 is 0 Å². The number of hydrogen-bond acceptors (Lipinski definition) is 7. The number of ether oxygens (including phenoxy) is 1. The van der Waals surface area contributed by atoms with E-state index in [4.69, 9.17) is 11.5 Å². The molecule has 0 saturated carbocycles. The second-order valence-electron chi connectivity index (χ2n) is 6.32. The van der Waals surface area contributed by atoms with Crippen LogP contribution in [-0.4, -0.2) is 49.8 Å². The number of carbonyl (C=O) groups is 3. The number of benzene rings is 1. The highest BCUT2D eigenvalue weighted by Crippen LogP contribution is 2.03. The molecule has 7 nitrogen and oxygen atoms in total. The monoisotopic (exact) mass is 367 g/mol. The summed E-state index contributed by atoms with van der Waals surface area (Å²) in [5.74, 6) is -1.21. The van der Waals surface area contributed by atoms with Crippen molar-refractivity contribution in [3.63, 3.8) is 0 Å². The molecule has 1 rings (SSSR count). The minimum absolute atomic E-state index is 0.276. The molecule has 0 bridgehead atoms. The quantitative estimate of drug-likeness (QED) is 0.482. The Balaban J connectivity index is 0. The third-order valence-electron chi connectivity index (χ3n) is 2.85. The van der Waals surface area contributed by atoms with Gasteiger partial charge in [-0.05, 0) is 46.3 Å². The van der Waals surface area contributed by atoms with Gasteiger partial charge >= 0.3 is 0 Å². The zero-order chi connectivity index (χ0) is 20.6. The molecule has 1 aromatic carbocycles. The van der Waals surface area contributed by atoms with E-state index in [1.54, 1.807) is 0 Å². The first-order valence-electron chi connectivity index (χ1n) is 8.45. The summed E-state index contributed by atoms with van der Waals surface area (Å²) in [6.45, 7) is 8.78. The van der Waals surface area contributed by atoms with Crippen molar-refractivity contribution in [2.45, 2.75) is 45.8 Å². The molecule has 1 unspecified atom stereocenters. The molecular weight excluding hydrogens is 334 g/mol. The van der Waals surface area contributed by atoms with Gasteiger partial charge in [-0.1, -0.05) is 37.3 Å². The average Bonchev–Trinajstić information content (AvgIpc) is 2.61. The maximum Gasteiger partial charge on any atom is 0.293 e. The Bertz CT molecular complexity index is 511. The van der Waals surface area contributed by atoms with Crippen molar-refractivity contribution in [1.29, 1.82) is 0 Å². The molecule has 0 aliphatic heterocycles. The largest absolute Gasteiger partial charge is 0.462 e. The van der Waals surface area contributed by atoms with Crippen LogP contribution in [0.3, 0.4) is 0 Å². The van der Waals surface area contributed by atoms with E-state index in [2.05, 4.69) is 17.0 Å². The standard InChI is InChI=1S/C11H14N2O2.C5H10O2.C3H9N/c12-7-10(14)11(15)9(13)6-8-4-2-1-3-5-8;1-5(2,3)7-4-6;1-3-4-2/h1-5,9H,6-7,12-13H2;4H,1-3H3;4H,3H2,1-2H3. The van der Waals surface area contributed by atoms with Crippen LogP contribution in [-0.2, 0) is 25.5 Å². The van der Waals surface area contributed by atoms with Crippen molar-refractivity contribution in [1.82, 2.24) is 5.32 Å². The molecule has 7 heteroatoms. The smallest absolute Gasteiger partial charge is 0.293 e. The molecule has 0 amide bonds. The van der Waals surface area contributed by atoms with Gasteiger partial charge in [0.25, 0.3) is 6.47 Å². The first-order chi connectivity index (χ1) is 12.1. The molecule has 1 atom stereocenters. The van der Waals surface area contributed by atoms with Gasteiger partial charge in [-0.3, -0.25) is 14.4 Å². The fourth-order valence-corrected chi connectivity index (χ4v) is 1.41. The molecule has 0 spiro atoms. The van der Waals surface area contributed by atoms with Crippen molar-refractivity contribution in [3.05, 3.63) is 35.9 Å². The Kier molecular flexibility index (Phi) is 15.3. The SMILES string of the molecule is CC(C)(C)OC=O.CCNC.NCC(=O)C(=O)C(N)Cc1ccccc1. The first-order valence-corrected chi connectivity index (χ1v) is 8.45. The van der Waals surface area contributed by atoms with E-state index in [0.29, 0.717) is 12.9 Å². The molecule has 0 aliphatic rings. The fraction of sp³-hybridized carbons (Fsp3) is 0.526. The summed E-state index contributed by atoms with van der Waals surface area (Å²) in [4.78, 5) is 31.9. The molecule has 0 saturated heterocycles. The highest BCUT2D eigenvalue weighted by atomic mass is 16.5. The molecule has 0 fully saturated rings. The van der Waals surface area contributed by atoms with E-state index in [0.717, 1.165) is 12.1 Å². The second kappa shape index (κ2) is 15.2. The number of rotatable bonds is 7. The predicted octanol–water partition coefficient (Wildman–Crippen LogP) is 0.837. The molecule has 26 heavy (non-hydrogen) atoms. The number of ketones is 2. The highest BCUT2D eigenvalue weighted by Gasteiger charge is 2.20. The van der Waals surface area contributed by atoms with E-state index in [1.807, 2.05) is 58.2 Å². The number of hydrogen-bond donors (Lipinski definition) is 3. The summed E-state index contributed by atoms with van der Waals surface area (Å²) in [6, 6.07) is 8.53. The second-order valence-corrected chi connectivity index (χ2v) is 6.32. The molecule has 0 aliphatic carbocycles.